The molecular weight excluding hydrogens is 267 g/mol. The van der Waals surface area contributed by atoms with Crippen LogP contribution < -0.4 is 5.73 Å². The zero-order chi connectivity index (χ0) is 15.4. The Labute approximate surface area is 122 Å². The van der Waals surface area contributed by atoms with Crippen LogP contribution in [0.15, 0.2) is 55.3 Å². The van der Waals surface area contributed by atoms with Crippen molar-refractivity contribution in [3.8, 4) is 0 Å². The molecule has 0 bridgehead atoms. The van der Waals surface area contributed by atoms with Crippen molar-refractivity contribution in [1.29, 1.82) is 0 Å². The lowest BCUT2D eigenvalue weighted by Gasteiger charge is -2.13. The van der Waals surface area contributed by atoms with Crippen LogP contribution in [-0.2, 0) is 0 Å². The maximum atomic E-state index is 13.3. The van der Waals surface area contributed by atoms with E-state index < -0.39 is 6.10 Å². The molecule has 21 heavy (non-hydrogen) atoms. The van der Waals surface area contributed by atoms with Crippen LogP contribution in [0.2, 0.25) is 0 Å². The monoisotopic (exact) mass is 284 g/mol. The molecule has 0 aliphatic rings. The molecule has 3 nitrogen and oxygen atoms in total. The Balaban J connectivity index is 2.58. The van der Waals surface area contributed by atoms with Crippen LogP contribution in [0.1, 0.15) is 24.3 Å². The molecule has 0 amide bonds. The zero-order valence-electron chi connectivity index (χ0n) is 11.8. The first-order valence-corrected chi connectivity index (χ1v) is 6.55. The number of aromatic nitrogens is 1. The molecule has 2 rings (SSSR count). The van der Waals surface area contributed by atoms with Gasteiger partial charge >= 0.3 is 0 Å². The maximum Gasteiger partial charge on any atom is 0.123 e. The van der Waals surface area contributed by atoms with Gasteiger partial charge in [0.15, 0.2) is 0 Å². The van der Waals surface area contributed by atoms with Crippen molar-refractivity contribution in [2.45, 2.75) is 13.0 Å². The number of benzene rings is 1. The van der Waals surface area contributed by atoms with Crippen LogP contribution in [0.25, 0.3) is 16.5 Å². The maximum absolute atomic E-state index is 13.3. The Morgan fingerprint density at radius 3 is 2.81 bits per heavy atom. The molecule has 1 unspecified atom stereocenters. The van der Waals surface area contributed by atoms with Crippen LogP contribution in [0.5, 0.6) is 0 Å². The van der Waals surface area contributed by atoms with Gasteiger partial charge in [0.25, 0.3) is 0 Å². The molecule has 0 radical (unpaired) electrons. The molecular formula is C17H17FN2O. The van der Waals surface area contributed by atoms with Gasteiger partial charge in [0.05, 0.1) is 17.3 Å². The molecule has 108 valence electrons. The SMILES string of the molecule is C=C(/C=C\C=C/N)c1cc2cc(F)ccc2nc1C(C)O. The summed E-state index contributed by atoms with van der Waals surface area (Å²) in [6.07, 6.45) is 5.83. The van der Waals surface area contributed by atoms with Gasteiger partial charge in [0.1, 0.15) is 5.82 Å². The minimum atomic E-state index is -0.746. The number of hydrogen-bond donors (Lipinski definition) is 2. The van der Waals surface area contributed by atoms with Crippen molar-refractivity contribution in [2.75, 3.05) is 0 Å². The molecule has 2 aromatic rings. The van der Waals surface area contributed by atoms with Crippen LogP contribution in [-0.4, -0.2) is 10.1 Å². The van der Waals surface area contributed by atoms with Gasteiger partial charge in [0.2, 0.25) is 0 Å². The van der Waals surface area contributed by atoms with E-state index in [1.165, 1.54) is 18.3 Å². The number of halogens is 1. The largest absolute Gasteiger partial charge is 0.405 e. The summed E-state index contributed by atoms with van der Waals surface area (Å²) in [5.74, 6) is -0.327. The molecule has 4 heteroatoms. The van der Waals surface area contributed by atoms with Crippen LogP contribution in [0.4, 0.5) is 4.39 Å². The summed E-state index contributed by atoms with van der Waals surface area (Å²) in [6.45, 7) is 5.60. The van der Waals surface area contributed by atoms with Crippen molar-refractivity contribution in [3.63, 3.8) is 0 Å². The smallest absolute Gasteiger partial charge is 0.123 e. The third kappa shape index (κ3) is 3.35. The molecule has 0 saturated heterocycles. The van der Waals surface area contributed by atoms with Gasteiger partial charge in [-0.05, 0) is 49.0 Å². The summed E-state index contributed by atoms with van der Waals surface area (Å²) in [6, 6.07) is 6.14. The third-order valence-corrected chi connectivity index (χ3v) is 3.07. The molecule has 0 aliphatic carbocycles. The summed E-state index contributed by atoms with van der Waals surface area (Å²) < 4.78 is 13.3. The normalized spacial score (nSPS) is 13.3. The highest BCUT2D eigenvalue weighted by Crippen LogP contribution is 2.27. The Morgan fingerprint density at radius 2 is 2.14 bits per heavy atom. The Kier molecular flexibility index (Phi) is 4.50. The zero-order valence-corrected chi connectivity index (χ0v) is 11.8. The third-order valence-electron chi connectivity index (χ3n) is 3.07. The van der Waals surface area contributed by atoms with Gasteiger partial charge in [-0.1, -0.05) is 18.7 Å². The van der Waals surface area contributed by atoms with E-state index >= 15 is 0 Å². The predicted molar refractivity (Wildman–Crippen MR) is 83.8 cm³/mol. The second-order valence-electron chi connectivity index (χ2n) is 4.70. The minimum absolute atomic E-state index is 0.327. The second kappa shape index (κ2) is 6.33. The lowest BCUT2D eigenvalue weighted by molar-refractivity contribution is 0.194. The van der Waals surface area contributed by atoms with Crippen LogP contribution in [0, 0.1) is 5.82 Å². The fourth-order valence-corrected chi connectivity index (χ4v) is 2.06. The van der Waals surface area contributed by atoms with Gasteiger partial charge in [-0.2, -0.15) is 0 Å². The highest BCUT2D eigenvalue weighted by molar-refractivity contribution is 5.85. The van der Waals surface area contributed by atoms with Gasteiger partial charge in [-0.3, -0.25) is 0 Å². The molecule has 1 aromatic heterocycles. The number of aliphatic hydroxyl groups is 1. The van der Waals surface area contributed by atoms with E-state index in [-0.39, 0.29) is 5.82 Å². The van der Waals surface area contributed by atoms with E-state index in [2.05, 4.69) is 11.6 Å². The number of aliphatic hydroxyl groups excluding tert-OH is 1. The van der Waals surface area contributed by atoms with Gasteiger partial charge in [0, 0.05) is 10.9 Å². The summed E-state index contributed by atoms with van der Waals surface area (Å²) >= 11 is 0. The minimum Gasteiger partial charge on any atom is -0.405 e. The Bertz CT molecular complexity index is 733. The second-order valence-corrected chi connectivity index (χ2v) is 4.70. The van der Waals surface area contributed by atoms with Crippen LogP contribution in [0.3, 0.4) is 0 Å². The van der Waals surface area contributed by atoms with E-state index in [1.54, 1.807) is 37.3 Å². The first kappa shape index (κ1) is 14.9. The molecule has 1 atom stereocenters. The lowest BCUT2D eigenvalue weighted by atomic mass is 10.00. The van der Waals surface area contributed by atoms with Crippen molar-refractivity contribution < 1.29 is 9.50 Å². The number of hydrogen-bond acceptors (Lipinski definition) is 3. The van der Waals surface area contributed by atoms with Crippen molar-refractivity contribution in [2.24, 2.45) is 5.73 Å². The molecule has 1 heterocycles. The fraction of sp³-hybridized carbons (Fsp3) is 0.118. The topological polar surface area (TPSA) is 59.1 Å². The van der Waals surface area contributed by atoms with Crippen LogP contribution >= 0.6 is 0 Å². The summed E-state index contributed by atoms with van der Waals surface area (Å²) in [5.41, 5.74) is 7.77. The molecule has 0 saturated carbocycles. The summed E-state index contributed by atoms with van der Waals surface area (Å²) in [5, 5.41) is 10.6. The number of fused-ring (bicyclic) bond motifs is 1. The average molecular weight is 284 g/mol. The van der Waals surface area contributed by atoms with Crippen molar-refractivity contribution in [1.82, 2.24) is 4.98 Å². The van der Waals surface area contributed by atoms with Gasteiger partial charge in [-0.15, -0.1) is 0 Å². The fourth-order valence-electron chi connectivity index (χ4n) is 2.06. The van der Waals surface area contributed by atoms with Gasteiger partial charge in [-0.25, -0.2) is 9.37 Å². The number of rotatable bonds is 4. The number of allylic oxidation sites excluding steroid dienone is 4. The van der Waals surface area contributed by atoms with E-state index in [0.29, 0.717) is 27.7 Å². The number of pyridine rings is 1. The summed E-state index contributed by atoms with van der Waals surface area (Å²) in [4.78, 5) is 4.41. The van der Waals surface area contributed by atoms with E-state index in [9.17, 15) is 9.50 Å². The van der Waals surface area contributed by atoms with Crippen molar-refractivity contribution >= 4 is 16.5 Å². The number of nitrogens with two attached hydrogens (primary N) is 1. The van der Waals surface area contributed by atoms with E-state index in [4.69, 9.17) is 5.73 Å². The molecule has 0 aliphatic heterocycles. The van der Waals surface area contributed by atoms with Gasteiger partial charge < -0.3 is 10.8 Å². The molecule has 3 N–H and O–H groups in total. The summed E-state index contributed by atoms with van der Waals surface area (Å²) in [7, 11) is 0. The Morgan fingerprint density at radius 1 is 1.38 bits per heavy atom. The molecule has 0 fully saturated rings. The molecule has 0 spiro atoms. The first-order chi connectivity index (χ1) is 10.0. The lowest BCUT2D eigenvalue weighted by Crippen LogP contribution is -2.01. The first-order valence-electron chi connectivity index (χ1n) is 6.55. The average Bonchev–Trinajstić information content (AvgIpc) is 2.45. The highest BCUT2D eigenvalue weighted by atomic mass is 19.1. The number of nitrogens with zero attached hydrogens (tertiary/aromatic N) is 1. The predicted octanol–water partition coefficient (Wildman–Crippen LogP) is 3.47. The van der Waals surface area contributed by atoms with E-state index in [0.717, 1.165) is 0 Å². The standard InChI is InChI=1S/C17H17FN2O/c1-11(5-3-4-8-19)15-10-13-9-14(18)6-7-16(13)20-17(15)12(2)21/h3-10,12,21H,1,19H2,2H3/b5-3-,8-4-. The van der Waals surface area contributed by atoms with E-state index in [1.807, 2.05) is 0 Å². The highest BCUT2D eigenvalue weighted by Gasteiger charge is 2.13. The van der Waals surface area contributed by atoms with Crippen molar-refractivity contribution in [3.05, 3.63) is 72.3 Å². The molecule has 1 aromatic carbocycles. The quantitative estimate of drug-likeness (QED) is 0.845. The Hall–Kier alpha value is -2.46.